The molecule has 0 aliphatic heterocycles. The quantitative estimate of drug-likeness (QED) is 0.601. The number of nitrogens with one attached hydrogen (secondary N) is 2. The number of aromatic amines is 1. The molecule has 4 aromatic rings. The molecular formula is C15H11N7O. The van der Waals surface area contributed by atoms with Crippen LogP contribution in [0.1, 0.15) is 10.4 Å². The van der Waals surface area contributed by atoms with Gasteiger partial charge in [-0.1, -0.05) is 0 Å². The number of rotatable bonds is 3. The molecule has 1 amide bonds. The van der Waals surface area contributed by atoms with Gasteiger partial charge < -0.3 is 10.3 Å². The molecule has 8 heteroatoms. The van der Waals surface area contributed by atoms with Crippen LogP contribution in [0.25, 0.3) is 16.9 Å². The fourth-order valence-corrected chi connectivity index (χ4v) is 2.21. The number of carbonyl (C=O) groups is 1. The van der Waals surface area contributed by atoms with Crippen LogP contribution in [0.5, 0.6) is 0 Å². The first-order valence-corrected chi connectivity index (χ1v) is 6.85. The Hall–Kier alpha value is -3.55. The van der Waals surface area contributed by atoms with Crippen LogP contribution in [0.15, 0.2) is 55.5 Å². The van der Waals surface area contributed by atoms with Gasteiger partial charge in [0.25, 0.3) is 5.91 Å². The smallest absolute Gasteiger partial charge is 0.255 e. The third kappa shape index (κ3) is 2.53. The van der Waals surface area contributed by atoms with Crippen molar-refractivity contribution in [2.45, 2.75) is 0 Å². The van der Waals surface area contributed by atoms with E-state index in [1.54, 1.807) is 60.1 Å². The van der Waals surface area contributed by atoms with Crippen molar-refractivity contribution in [3.8, 4) is 5.82 Å². The van der Waals surface area contributed by atoms with Crippen molar-refractivity contribution >= 4 is 22.6 Å². The summed E-state index contributed by atoms with van der Waals surface area (Å²) in [6.45, 7) is 0. The lowest BCUT2D eigenvalue weighted by Crippen LogP contribution is -2.12. The zero-order valence-corrected chi connectivity index (χ0v) is 11.8. The predicted molar refractivity (Wildman–Crippen MR) is 83.2 cm³/mol. The molecule has 0 bridgehead atoms. The highest BCUT2D eigenvalue weighted by atomic mass is 16.1. The van der Waals surface area contributed by atoms with Gasteiger partial charge >= 0.3 is 0 Å². The number of nitrogens with zero attached hydrogens (tertiary/aromatic N) is 5. The molecular weight excluding hydrogens is 294 g/mol. The number of hydrogen-bond donors (Lipinski definition) is 2. The summed E-state index contributed by atoms with van der Waals surface area (Å²) >= 11 is 0. The first-order valence-electron chi connectivity index (χ1n) is 6.85. The monoisotopic (exact) mass is 305 g/mol. The van der Waals surface area contributed by atoms with Gasteiger partial charge in [-0.15, -0.1) is 10.2 Å². The highest BCUT2D eigenvalue weighted by Crippen LogP contribution is 2.14. The number of fused-ring (bicyclic) bond motifs is 1. The number of aromatic nitrogens is 6. The first kappa shape index (κ1) is 13.1. The SMILES string of the molecule is O=C(Nc1ccc(-n2cnnc2)nc1)c1ccc2nc[nH]c2c1. The molecule has 8 nitrogen and oxygen atoms in total. The van der Waals surface area contributed by atoms with Crippen molar-refractivity contribution in [3.05, 3.63) is 61.1 Å². The average Bonchev–Trinajstić information content (AvgIpc) is 3.26. The van der Waals surface area contributed by atoms with Crippen LogP contribution in [-0.2, 0) is 0 Å². The van der Waals surface area contributed by atoms with E-state index in [0.29, 0.717) is 17.1 Å². The number of benzene rings is 1. The molecule has 0 saturated carbocycles. The Kier molecular flexibility index (Phi) is 3.05. The van der Waals surface area contributed by atoms with Crippen molar-refractivity contribution < 1.29 is 4.79 Å². The van der Waals surface area contributed by atoms with E-state index in [4.69, 9.17) is 0 Å². The van der Waals surface area contributed by atoms with E-state index in [1.165, 1.54) is 0 Å². The van der Waals surface area contributed by atoms with E-state index in [0.717, 1.165) is 11.0 Å². The maximum absolute atomic E-state index is 12.3. The minimum absolute atomic E-state index is 0.208. The summed E-state index contributed by atoms with van der Waals surface area (Å²) < 4.78 is 1.68. The minimum atomic E-state index is -0.208. The fourth-order valence-electron chi connectivity index (χ4n) is 2.21. The summed E-state index contributed by atoms with van der Waals surface area (Å²) in [4.78, 5) is 23.7. The van der Waals surface area contributed by atoms with Crippen LogP contribution < -0.4 is 5.32 Å². The van der Waals surface area contributed by atoms with Gasteiger partial charge in [-0.2, -0.15) is 0 Å². The van der Waals surface area contributed by atoms with E-state index < -0.39 is 0 Å². The number of carbonyl (C=O) groups excluding carboxylic acids is 1. The number of H-pyrrole nitrogens is 1. The van der Waals surface area contributed by atoms with Crippen molar-refractivity contribution in [2.75, 3.05) is 5.32 Å². The molecule has 0 fully saturated rings. The topological polar surface area (TPSA) is 101 Å². The van der Waals surface area contributed by atoms with Gasteiger partial charge in [0.1, 0.15) is 18.5 Å². The number of amides is 1. The highest BCUT2D eigenvalue weighted by molar-refractivity contribution is 6.05. The molecule has 0 radical (unpaired) electrons. The second kappa shape index (κ2) is 5.34. The summed E-state index contributed by atoms with van der Waals surface area (Å²) in [5, 5.41) is 10.3. The molecule has 3 aromatic heterocycles. The Morgan fingerprint density at radius 1 is 1.09 bits per heavy atom. The van der Waals surface area contributed by atoms with Crippen LogP contribution in [0, 0.1) is 0 Å². The number of imidazole rings is 1. The molecule has 23 heavy (non-hydrogen) atoms. The summed E-state index contributed by atoms with van der Waals surface area (Å²) in [7, 11) is 0. The lowest BCUT2D eigenvalue weighted by atomic mass is 10.2. The molecule has 112 valence electrons. The second-order valence-corrected chi connectivity index (χ2v) is 4.86. The normalized spacial score (nSPS) is 10.8. The van der Waals surface area contributed by atoms with Gasteiger partial charge in [-0.05, 0) is 30.3 Å². The Morgan fingerprint density at radius 2 is 1.96 bits per heavy atom. The van der Waals surface area contributed by atoms with Crippen LogP contribution in [-0.4, -0.2) is 35.6 Å². The van der Waals surface area contributed by atoms with E-state index in [-0.39, 0.29) is 5.91 Å². The first-order chi connectivity index (χ1) is 11.3. The van der Waals surface area contributed by atoms with Gasteiger partial charge in [0.05, 0.1) is 29.2 Å². The van der Waals surface area contributed by atoms with E-state index >= 15 is 0 Å². The van der Waals surface area contributed by atoms with Crippen molar-refractivity contribution in [2.24, 2.45) is 0 Å². The lowest BCUT2D eigenvalue weighted by molar-refractivity contribution is 0.102. The van der Waals surface area contributed by atoms with Crippen LogP contribution in [0.2, 0.25) is 0 Å². The van der Waals surface area contributed by atoms with Crippen LogP contribution >= 0.6 is 0 Å². The van der Waals surface area contributed by atoms with Crippen molar-refractivity contribution in [1.82, 2.24) is 29.7 Å². The Morgan fingerprint density at radius 3 is 2.74 bits per heavy atom. The van der Waals surface area contributed by atoms with Crippen molar-refractivity contribution in [1.29, 1.82) is 0 Å². The van der Waals surface area contributed by atoms with Gasteiger partial charge in [0.15, 0.2) is 0 Å². The molecule has 0 aliphatic rings. The molecule has 3 heterocycles. The maximum Gasteiger partial charge on any atom is 0.255 e. The van der Waals surface area contributed by atoms with Crippen LogP contribution in [0.4, 0.5) is 5.69 Å². The Bertz CT molecular complexity index is 957. The standard InChI is InChI=1S/C15H11N7O/c23-15(10-1-3-12-13(5-10)18-7-17-12)21-11-2-4-14(16-6-11)22-8-19-20-9-22/h1-9H,(H,17,18)(H,21,23). The third-order valence-electron chi connectivity index (χ3n) is 3.37. The average molecular weight is 305 g/mol. The summed E-state index contributed by atoms with van der Waals surface area (Å²) in [5.41, 5.74) is 2.79. The minimum Gasteiger partial charge on any atom is -0.345 e. The van der Waals surface area contributed by atoms with Gasteiger partial charge in [-0.25, -0.2) is 9.97 Å². The molecule has 0 spiro atoms. The Labute approximate surface area is 130 Å². The lowest BCUT2D eigenvalue weighted by Gasteiger charge is -2.06. The van der Waals surface area contributed by atoms with E-state index in [2.05, 4.69) is 30.5 Å². The third-order valence-corrected chi connectivity index (χ3v) is 3.37. The zero-order valence-electron chi connectivity index (χ0n) is 11.8. The summed E-state index contributed by atoms with van der Waals surface area (Å²) in [5.74, 6) is 0.465. The molecule has 0 saturated heterocycles. The number of pyridine rings is 1. The second-order valence-electron chi connectivity index (χ2n) is 4.86. The molecule has 0 aliphatic carbocycles. The fraction of sp³-hybridized carbons (Fsp3) is 0. The van der Waals surface area contributed by atoms with Gasteiger partial charge in [0, 0.05) is 5.56 Å². The van der Waals surface area contributed by atoms with E-state index in [1.807, 2.05) is 0 Å². The largest absolute Gasteiger partial charge is 0.345 e. The zero-order chi connectivity index (χ0) is 15.6. The van der Waals surface area contributed by atoms with Gasteiger partial charge in [0.2, 0.25) is 0 Å². The molecule has 0 unspecified atom stereocenters. The Balaban J connectivity index is 1.53. The highest BCUT2D eigenvalue weighted by Gasteiger charge is 2.08. The molecule has 1 aromatic carbocycles. The summed E-state index contributed by atoms with van der Waals surface area (Å²) in [6.07, 6.45) is 6.29. The van der Waals surface area contributed by atoms with E-state index in [9.17, 15) is 4.79 Å². The molecule has 4 rings (SSSR count). The van der Waals surface area contributed by atoms with Crippen molar-refractivity contribution in [3.63, 3.8) is 0 Å². The maximum atomic E-state index is 12.3. The van der Waals surface area contributed by atoms with Gasteiger partial charge in [-0.3, -0.25) is 9.36 Å². The number of anilines is 1. The van der Waals surface area contributed by atoms with Crippen LogP contribution in [0.3, 0.4) is 0 Å². The summed E-state index contributed by atoms with van der Waals surface area (Å²) in [6, 6.07) is 8.84. The predicted octanol–water partition coefficient (Wildman–Crippen LogP) is 1.79. The molecule has 2 N–H and O–H groups in total. The number of hydrogen-bond acceptors (Lipinski definition) is 5. The molecule has 0 atom stereocenters.